The number of aromatic nitrogens is 6. The second-order valence-electron chi connectivity index (χ2n) is 3.65. The van der Waals surface area contributed by atoms with Crippen LogP contribution in [0.1, 0.15) is 5.69 Å². The fourth-order valence-corrected chi connectivity index (χ4v) is 1.89. The molecule has 0 atom stereocenters. The highest BCUT2D eigenvalue weighted by molar-refractivity contribution is 6.29. The van der Waals surface area contributed by atoms with Gasteiger partial charge >= 0.3 is 0 Å². The summed E-state index contributed by atoms with van der Waals surface area (Å²) in [5.41, 5.74) is 7.14. The number of nitrogen functional groups attached to an aromatic ring is 1. The fourth-order valence-electron chi connectivity index (χ4n) is 1.74. The van der Waals surface area contributed by atoms with Crippen LogP contribution in [0, 0.1) is 6.92 Å². The topological polar surface area (TPSA) is 95.4 Å². The molecular weight excluding hydrogens is 254 g/mol. The van der Waals surface area contributed by atoms with Crippen LogP contribution in [0.25, 0.3) is 16.9 Å². The normalized spacial score (nSPS) is 11.0. The molecule has 0 aliphatic rings. The molecule has 0 saturated carbocycles. The van der Waals surface area contributed by atoms with E-state index in [0.717, 1.165) is 5.69 Å². The van der Waals surface area contributed by atoms with Crippen LogP contribution in [0.5, 0.6) is 0 Å². The second-order valence-corrected chi connectivity index (χ2v) is 4.04. The third-order valence-electron chi connectivity index (χ3n) is 2.51. The van der Waals surface area contributed by atoms with Gasteiger partial charge in [-0.2, -0.15) is 9.78 Å². The molecule has 0 fully saturated rings. The Balaban J connectivity index is 2.34. The molecule has 0 unspecified atom stereocenters. The van der Waals surface area contributed by atoms with Crippen molar-refractivity contribution in [2.75, 3.05) is 5.73 Å². The summed E-state index contributed by atoms with van der Waals surface area (Å²) >= 11 is 5.83. The predicted molar refractivity (Wildman–Crippen MR) is 66.4 cm³/mol. The van der Waals surface area contributed by atoms with E-state index in [0.29, 0.717) is 27.8 Å². The van der Waals surface area contributed by atoms with Crippen LogP contribution < -0.4 is 5.73 Å². The molecule has 90 valence electrons. The summed E-state index contributed by atoms with van der Waals surface area (Å²) in [6.07, 6.45) is 2.75. The number of hydrogen-bond acceptors (Lipinski definition) is 6. The van der Waals surface area contributed by atoms with Gasteiger partial charge in [0.05, 0.1) is 11.1 Å². The van der Waals surface area contributed by atoms with Gasteiger partial charge in [-0.15, -0.1) is 0 Å². The summed E-state index contributed by atoms with van der Waals surface area (Å²) in [4.78, 5) is 16.1. The lowest BCUT2D eigenvalue weighted by molar-refractivity contribution is 0.839. The van der Waals surface area contributed by atoms with Crippen molar-refractivity contribution in [1.82, 2.24) is 29.7 Å². The maximum absolute atomic E-state index is 5.83. The van der Waals surface area contributed by atoms with Crippen molar-refractivity contribution in [3.8, 4) is 5.82 Å². The Bertz CT molecular complexity index is 736. The maximum atomic E-state index is 5.83. The van der Waals surface area contributed by atoms with E-state index in [9.17, 15) is 0 Å². The van der Waals surface area contributed by atoms with Crippen LogP contribution in [-0.4, -0.2) is 29.7 Å². The Morgan fingerprint density at radius 1 is 1.17 bits per heavy atom. The monoisotopic (exact) mass is 261 g/mol. The zero-order chi connectivity index (χ0) is 12.7. The molecule has 3 heterocycles. The van der Waals surface area contributed by atoms with Crippen molar-refractivity contribution >= 4 is 28.5 Å². The average molecular weight is 262 g/mol. The first kappa shape index (κ1) is 10.8. The first-order valence-electron chi connectivity index (χ1n) is 5.10. The molecule has 0 aliphatic carbocycles. The van der Waals surface area contributed by atoms with Gasteiger partial charge in [-0.1, -0.05) is 11.6 Å². The number of nitrogens with two attached hydrogens (primary N) is 1. The first-order valence-corrected chi connectivity index (χ1v) is 5.48. The van der Waals surface area contributed by atoms with Gasteiger partial charge in [-0.05, 0) is 6.92 Å². The molecule has 0 radical (unpaired) electrons. The Hall–Kier alpha value is -2.28. The third kappa shape index (κ3) is 1.56. The van der Waals surface area contributed by atoms with Crippen LogP contribution in [0.15, 0.2) is 18.7 Å². The third-order valence-corrected chi connectivity index (χ3v) is 2.71. The lowest BCUT2D eigenvalue weighted by Gasteiger charge is -2.01. The van der Waals surface area contributed by atoms with E-state index in [2.05, 4.69) is 25.0 Å². The number of nitrogens with zero attached hydrogens (tertiary/aromatic N) is 6. The van der Waals surface area contributed by atoms with E-state index in [1.54, 1.807) is 10.7 Å². The molecule has 2 N–H and O–H groups in total. The molecule has 0 spiro atoms. The van der Waals surface area contributed by atoms with Crippen molar-refractivity contribution in [3.05, 3.63) is 29.6 Å². The van der Waals surface area contributed by atoms with Gasteiger partial charge in [0.1, 0.15) is 23.6 Å². The van der Waals surface area contributed by atoms with E-state index in [-0.39, 0.29) is 0 Å². The maximum Gasteiger partial charge on any atom is 0.170 e. The molecule has 3 aromatic rings. The second kappa shape index (κ2) is 3.88. The minimum Gasteiger partial charge on any atom is -0.383 e. The standard InChI is InChI=1S/C10H8ClN7/c1-5-8-9(12)15-4-16-10(8)18(17-5)7-2-6(11)13-3-14-7/h2-4H,1H3,(H2,12,15,16). The number of halogens is 1. The first-order chi connectivity index (χ1) is 8.66. The van der Waals surface area contributed by atoms with Crippen LogP contribution >= 0.6 is 11.6 Å². The van der Waals surface area contributed by atoms with Crippen molar-refractivity contribution in [3.63, 3.8) is 0 Å². The molecule has 0 aromatic carbocycles. The quantitative estimate of drug-likeness (QED) is 0.660. The lowest BCUT2D eigenvalue weighted by atomic mass is 10.3. The van der Waals surface area contributed by atoms with E-state index in [1.807, 2.05) is 6.92 Å². The van der Waals surface area contributed by atoms with Gasteiger partial charge in [0.15, 0.2) is 11.5 Å². The van der Waals surface area contributed by atoms with Crippen LogP contribution in [0.2, 0.25) is 5.15 Å². The molecule has 0 bridgehead atoms. The van der Waals surface area contributed by atoms with Crippen molar-refractivity contribution in [2.45, 2.75) is 6.92 Å². The molecule has 18 heavy (non-hydrogen) atoms. The zero-order valence-corrected chi connectivity index (χ0v) is 10.1. The van der Waals surface area contributed by atoms with E-state index in [1.165, 1.54) is 12.7 Å². The summed E-state index contributed by atoms with van der Waals surface area (Å²) in [5, 5.41) is 5.40. The number of anilines is 1. The molecule has 0 amide bonds. The lowest BCUT2D eigenvalue weighted by Crippen LogP contribution is -2.01. The van der Waals surface area contributed by atoms with Gasteiger partial charge in [-0.3, -0.25) is 0 Å². The summed E-state index contributed by atoms with van der Waals surface area (Å²) in [6.45, 7) is 1.83. The van der Waals surface area contributed by atoms with E-state index < -0.39 is 0 Å². The number of hydrogen-bond donors (Lipinski definition) is 1. The molecule has 3 rings (SSSR count). The average Bonchev–Trinajstić information content (AvgIpc) is 2.68. The number of rotatable bonds is 1. The smallest absolute Gasteiger partial charge is 0.170 e. The Morgan fingerprint density at radius 3 is 2.72 bits per heavy atom. The number of aryl methyl sites for hydroxylation is 1. The van der Waals surface area contributed by atoms with Crippen molar-refractivity contribution in [2.24, 2.45) is 0 Å². The van der Waals surface area contributed by atoms with E-state index in [4.69, 9.17) is 17.3 Å². The predicted octanol–water partition coefficient (Wildman–Crippen LogP) is 1.15. The molecule has 3 aromatic heterocycles. The summed E-state index contributed by atoms with van der Waals surface area (Å²) in [5.74, 6) is 0.926. The Labute approximate surface area is 107 Å². The summed E-state index contributed by atoms with van der Waals surface area (Å²) < 4.78 is 1.57. The molecule has 0 saturated heterocycles. The highest BCUT2D eigenvalue weighted by Gasteiger charge is 2.14. The molecular formula is C10H8ClN7. The van der Waals surface area contributed by atoms with Gasteiger partial charge in [0.2, 0.25) is 0 Å². The molecule has 8 heteroatoms. The van der Waals surface area contributed by atoms with Crippen LogP contribution in [0.4, 0.5) is 5.82 Å². The molecule has 7 nitrogen and oxygen atoms in total. The fraction of sp³-hybridized carbons (Fsp3) is 0.100. The van der Waals surface area contributed by atoms with Crippen molar-refractivity contribution < 1.29 is 0 Å². The SMILES string of the molecule is Cc1nn(-c2cc(Cl)ncn2)c2ncnc(N)c12. The van der Waals surface area contributed by atoms with Gasteiger partial charge in [0, 0.05) is 6.07 Å². The van der Waals surface area contributed by atoms with Crippen LogP contribution in [-0.2, 0) is 0 Å². The van der Waals surface area contributed by atoms with Gasteiger partial charge in [-0.25, -0.2) is 19.9 Å². The Morgan fingerprint density at radius 2 is 1.94 bits per heavy atom. The Kier molecular flexibility index (Phi) is 2.34. The zero-order valence-electron chi connectivity index (χ0n) is 9.37. The van der Waals surface area contributed by atoms with Gasteiger partial charge < -0.3 is 5.73 Å². The summed E-state index contributed by atoms with van der Waals surface area (Å²) in [7, 11) is 0. The highest BCUT2D eigenvalue weighted by atomic mass is 35.5. The highest BCUT2D eigenvalue weighted by Crippen LogP contribution is 2.22. The largest absolute Gasteiger partial charge is 0.383 e. The van der Waals surface area contributed by atoms with Crippen molar-refractivity contribution in [1.29, 1.82) is 0 Å². The van der Waals surface area contributed by atoms with Gasteiger partial charge in [0.25, 0.3) is 0 Å². The van der Waals surface area contributed by atoms with Crippen LogP contribution in [0.3, 0.4) is 0 Å². The van der Waals surface area contributed by atoms with E-state index >= 15 is 0 Å². The molecule has 0 aliphatic heterocycles. The summed E-state index contributed by atoms with van der Waals surface area (Å²) in [6, 6.07) is 1.60. The minimum absolute atomic E-state index is 0.336. The minimum atomic E-state index is 0.336. The number of fused-ring (bicyclic) bond motifs is 1.